The lowest BCUT2D eigenvalue weighted by atomic mass is 10.3. The zero-order valence-electron chi connectivity index (χ0n) is 8.54. The van der Waals surface area contributed by atoms with Crippen LogP contribution in [0.5, 0.6) is 0 Å². The maximum absolute atomic E-state index is 11.2. The van der Waals surface area contributed by atoms with E-state index in [1.165, 1.54) is 0 Å². The van der Waals surface area contributed by atoms with Crippen LogP contribution in [0.3, 0.4) is 0 Å². The number of amides is 1. The van der Waals surface area contributed by atoms with Crippen molar-refractivity contribution in [3.63, 3.8) is 0 Å². The van der Waals surface area contributed by atoms with Crippen LogP contribution in [-0.2, 0) is 4.79 Å². The van der Waals surface area contributed by atoms with E-state index in [-0.39, 0.29) is 5.91 Å². The molecule has 0 bridgehead atoms. The molecular weight excluding hydrogens is 194 g/mol. The minimum Gasteiger partial charge on any atom is -0.325 e. The van der Waals surface area contributed by atoms with E-state index in [2.05, 4.69) is 12.2 Å². The minimum absolute atomic E-state index is 0.0640. The molecule has 0 aromatic heterocycles. The van der Waals surface area contributed by atoms with E-state index in [4.69, 9.17) is 0 Å². The SMILES string of the molecule is CCSc1ccccc1NC(=O)CC. The Morgan fingerprint density at radius 2 is 2.07 bits per heavy atom. The lowest BCUT2D eigenvalue weighted by molar-refractivity contribution is -0.115. The molecule has 0 atom stereocenters. The van der Waals surface area contributed by atoms with E-state index < -0.39 is 0 Å². The van der Waals surface area contributed by atoms with Gasteiger partial charge in [-0.2, -0.15) is 0 Å². The smallest absolute Gasteiger partial charge is 0.224 e. The Morgan fingerprint density at radius 1 is 1.36 bits per heavy atom. The molecule has 1 amide bonds. The average Bonchev–Trinajstić information content (AvgIpc) is 2.21. The van der Waals surface area contributed by atoms with Gasteiger partial charge in [0.15, 0.2) is 0 Å². The fraction of sp³-hybridized carbons (Fsp3) is 0.364. The van der Waals surface area contributed by atoms with Crippen LogP contribution in [0, 0.1) is 0 Å². The summed E-state index contributed by atoms with van der Waals surface area (Å²) in [5.41, 5.74) is 0.922. The highest BCUT2D eigenvalue weighted by molar-refractivity contribution is 7.99. The topological polar surface area (TPSA) is 29.1 Å². The number of carbonyl (C=O) groups excluding carboxylic acids is 1. The second-order valence-electron chi connectivity index (χ2n) is 2.83. The van der Waals surface area contributed by atoms with Gasteiger partial charge in [-0.3, -0.25) is 4.79 Å². The van der Waals surface area contributed by atoms with E-state index in [1.54, 1.807) is 11.8 Å². The van der Waals surface area contributed by atoms with Crippen LogP contribution in [0.15, 0.2) is 29.2 Å². The molecule has 76 valence electrons. The second kappa shape index (κ2) is 5.70. The number of para-hydroxylation sites is 1. The fourth-order valence-electron chi connectivity index (χ4n) is 1.09. The largest absolute Gasteiger partial charge is 0.325 e. The van der Waals surface area contributed by atoms with Crippen LogP contribution in [-0.4, -0.2) is 11.7 Å². The highest BCUT2D eigenvalue weighted by atomic mass is 32.2. The standard InChI is InChI=1S/C11H15NOS/c1-3-11(13)12-9-7-5-6-8-10(9)14-4-2/h5-8H,3-4H2,1-2H3,(H,12,13). The summed E-state index contributed by atoms with van der Waals surface area (Å²) >= 11 is 1.74. The molecule has 0 heterocycles. The summed E-state index contributed by atoms with van der Waals surface area (Å²) in [6, 6.07) is 7.88. The van der Waals surface area contributed by atoms with Gasteiger partial charge >= 0.3 is 0 Å². The zero-order chi connectivity index (χ0) is 10.4. The van der Waals surface area contributed by atoms with Crippen molar-refractivity contribution in [2.75, 3.05) is 11.1 Å². The van der Waals surface area contributed by atoms with E-state index in [1.807, 2.05) is 31.2 Å². The van der Waals surface area contributed by atoms with Crippen LogP contribution < -0.4 is 5.32 Å². The Bertz CT molecular complexity index is 312. The van der Waals surface area contributed by atoms with Crippen molar-refractivity contribution in [2.24, 2.45) is 0 Å². The van der Waals surface area contributed by atoms with Crippen molar-refractivity contribution in [1.29, 1.82) is 0 Å². The molecule has 1 aromatic rings. The van der Waals surface area contributed by atoms with E-state index in [0.717, 1.165) is 16.3 Å². The lowest BCUT2D eigenvalue weighted by Crippen LogP contribution is -2.10. The number of thioether (sulfide) groups is 1. The Labute approximate surface area is 89.1 Å². The minimum atomic E-state index is 0.0640. The molecule has 2 nitrogen and oxygen atoms in total. The van der Waals surface area contributed by atoms with Crippen molar-refractivity contribution in [3.05, 3.63) is 24.3 Å². The molecular formula is C11H15NOS. The Hall–Kier alpha value is -0.960. The van der Waals surface area contributed by atoms with Gasteiger partial charge in [0.25, 0.3) is 0 Å². The first-order valence-corrected chi connectivity index (χ1v) is 5.78. The molecule has 0 aliphatic carbocycles. The van der Waals surface area contributed by atoms with Gasteiger partial charge in [-0.15, -0.1) is 11.8 Å². The second-order valence-corrected chi connectivity index (χ2v) is 4.14. The molecule has 0 unspecified atom stereocenters. The van der Waals surface area contributed by atoms with Crippen LogP contribution in [0.25, 0.3) is 0 Å². The number of hydrogen-bond donors (Lipinski definition) is 1. The maximum atomic E-state index is 11.2. The molecule has 3 heteroatoms. The third kappa shape index (κ3) is 3.07. The first-order valence-electron chi connectivity index (χ1n) is 4.79. The predicted octanol–water partition coefficient (Wildman–Crippen LogP) is 3.15. The Balaban J connectivity index is 2.78. The van der Waals surface area contributed by atoms with Gasteiger partial charge in [0.1, 0.15) is 0 Å². The molecule has 1 N–H and O–H groups in total. The first-order chi connectivity index (χ1) is 6.77. The Morgan fingerprint density at radius 3 is 2.71 bits per heavy atom. The summed E-state index contributed by atoms with van der Waals surface area (Å²) < 4.78 is 0. The van der Waals surface area contributed by atoms with Gasteiger partial charge in [0.2, 0.25) is 5.91 Å². The van der Waals surface area contributed by atoms with Gasteiger partial charge in [-0.05, 0) is 17.9 Å². The van der Waals surface area contributed by atoms with E-state index >= 15 is 0 Å². The predicted molar refractivity (Wildman–Crippen MR) is 61.8 cm³/mol. The molecule has 0 spiro atoms. The number of anilines is 1. The van der Waals surface area contributed by atoms with Gasteiger partial charge in [-0.1, -0.05) is 26.0 Å². The molecule has 1 rings (SSSR count). The van der Waals surface area contributed by atoms with Gasteiger partial charge in [-0.25, -0.2) is 0 Å². The van der Waals surface area contributed by atoms with E-state index in [9.17, 15) is 4.79 Å². The quantitative estimate of drug-likeness (QED) is 0.772. The fourth-order valence-corrected chi connectivity index (χ4v) is 1.85. The number of hydrogen-bond acceptors (Lipinski definition) is 2. The summed E-state index contributed by atoms with van der Waals surface area (Å²) in [6.45, 7) is 3.95. The summed E-state index contributed by atoms with van der Waals surface area (Å²) in [5.74, 6) is 1.08. The first kappa shape index (κ1) is 11.1. The maximum Gasteiger partial charge on any atom is 0.224 e. The molecule has 0 radical (unpaired) electrons. The summed E-state index contributed by atoms with van der Waals surface area (Å²) in [6.07, 6.45) is 0.519. The van der Waals surface area contributed by atoms with Crippen LogP contribution in [0.1, 0.15) is 20.3 Å². The summed E-state index contributed by atoms with van der Waals surface area (Å²) in [5, 5.41) is 2.89. The third-order valence-corrected chi connectivity index (χ3v) is 2.74. The van der Waals surface area contributed by atoms with Gasteiger partial charge < -0.3 is 5.32 Å². The average molecular weight is 209 g/mol. The van der Waals surface area contributed by atoms with Crippen LogP contribution in [0.2, 0.25) is 0 Å². The van der Waals surface area contributed by atoms with Crippen molar-refractivity contribution in [1.82, 2.24) is 0 Å². The van der Waals surface area contributed by atoms with Crippen molar-refractivity contribution in [2.45, 2.75) is 25.2 Å². The van der Waals surface area contributed by atoms with Crippen molar-refractivity contribution < 1.29 is 4.79 Å². The normalized spacial score (nSPS) is 9.86. The molecule has 1 aromatic carbocycles. The molecule has 0 saturated carbocycles. The Kier molecular flexibility index (Phi) is 4.53. The molecule has 0 aliphatic rings. The monoisotopic (exact) mass is 209 g/mol. The number of carbonyl (C=O) groups is 1. The summed E-state index contributed by atoms with van der Waals surface area (Å²) in [4.78, 5) is 12.4. The molecule has 0 fully saturated rings. The number of nitrogens with one attached hydrogen (secondary N) is 1. The van der Waals surface area contributed by atoms with Gasteiger partial charge in [0.05, 0.1) is 5.69 Å². The third-order valence-electron chi connectivity index (χ3n) is 1.78. The van der Waals surface area contributed by atoms with Crippen molar-refractivity contribution >= 4 is 23.4 Å². The van der Waals surface area contributed by atoms with Crippen LogP contribution >= 0.6 is 11.8 Å². The molecule has 14 heavy (non-hydrogen) atoms. The number of benzene rings is 1. The van der Waals surface area contributed by atoms with E-state index in [0.29, 0.717) is 6.42 Å². The summed E-state index contributed by atoms with van der Waals surface area (Å²) in [7, 11) is 0. The molecule has 0 aliphatic heterocycles. The van der Waals surface area contributed by atoms with Gasteiger partial charge in [0, 0.05) is 11.3 Å². The highest BCUT2D eigenvalue weighted by Crippen LogP contribution is 2.26. The lowest BCUT2D eigenvalue weighted by Gasteiger charge is -2.08. The molecule has 0 saturated heterocycles. The zero-order valence-corrected chi connectivity index (χ0v) is 9.36. The van der Waals surface area contributed by atoms with Crippen LogP contribution in [0.4, 0.5) is 5.69 Å². The van der Waals surface area contributed by atoms with Crippen molar-refractivity contribution in [3.8, 4) is 0 Å². The number of rotatable bonds is 4. The highest BCUT2D eigenvalue weighted by Gasteiger charge is 2.03.